The van der Waals surface area contributed by atoms with Crippen molar-refractivity contribution >= 4 is 0 Å². The van der Waals surface area contributed by atoms with Gasteiger partial charge in [-0.2, -0.15) is 0 Å². The monoisotopic (exact) mass is 154 g/mol. The second-order valence-corrected chi connectivity index (χ2v) is 3.06. The summed E-state index contributed by atoms with van der Waals surface area (Å²) in [4.78, 5) is 0. The highest BCUT2D eigenvalue weighted by Gasteiger charge is 2.13. The van der Waals surface area contributed by atoms with Crippen LogP contribution >= 0.6 is 0 Å². The summed E-state index contributed by atoms with van der Waals surface area (Å²) in [5, 5.41) is 9.64. The molecule has 0 aliphatic heterocycles. The number of allylic oxidation sites excluding steroid dienone is 2. The van der Waals surface area contributed by atoms with Gasteiger partial charge in [-0.1, -0.05) is 44.6 Å². The Bertz CT molecular complexity index is 134. The zero-order valence-corrected chi connectivity index (χ0v) is 7.51. The van der Waals surface area contributed by atoms with Crippen LogP contribution in [0.15, 0.2) is 24.8 Å². The maximum atomic E-state index is 9.64. The average Bonchev–Trinajstić information content (AvgIpc) is 1.97. The smallest absolute Gasteiger partial charge is 0.0802 e. The lowest BCUT2D eigenvalue weighted by Gasteiger charge is -2.17. The lowest BCUT2D eigenvalue weighted by atomic mass is 9.99. The molecule has 1 nitrogen and oxygen atoms in total. The van der Waals surface area contributed by atoms with E-state index in [0.29, 0.717) is 0 Å². The zero-order chi connectivity index (χ0) is 8.74. The fourth-order valence-corrected chi connectivity index (χ4v) is 0.893. The van der Waals surface area contributed by atoms with Gasteiger partial charge in [-0.3, -0.25) is 0 Å². The zero-order valence-electron chi connectivity index (χ0n) is 7.51. The third kappa shape index (κ3) is 5.86. The van der Waals surface area contributed by atoms with Crippen molar-refractivity contribution in [2.45, 2.75) is 38.7 Å². The van der Waals surface area contributed by atoms with Crippen molar-refractivity contribution in [2.75, 3.05) is 0 Å². The first kappa shape index (κ1) is 10.4. The number of rotatable bonds is 5. The van der Waals surface area contributed by atoms with Crippen LogP contribution in [0.4, 0.5) is 0 Å². The number of unbranched alkanes of at least 4 members (excludes halogenated alkanes) is 1. The molecule has 1 heteroatoms. The van der Waals surface area contributed by atoms with Crippen LogP contribution in [-0.4, -0.2) is 10.7 Å². The molecule has 0 fully saturated rings. The number of aliphatic hydroxyl groups is 1. The van der Waals surface area contributed by atoms with E-state index >= 15 is 0 Å². The Kier molecular flexibility index (Phi) is 4.88. The Labute approximate surface area is 69.4 Å². The van der Waals surface area contributed by atoms with E-state index in [1.165, 1.54) is 0 Å². The van der Waals surface area contributed by atoms with Gasteiger partial charge in [-0.05, 0) is 13.3 Å². The van der Waals surface area contributed by atoms with Crippen LogP contribution in [0.3, 0.4) is 0 Å². The summed E-state index contributed by atoms with van der Waals surface area (Å²) in [6.45, 7) is 7.49. The van der Waals surface area contributed by atoms with Gasteiger partial charge in [0.1, 0.15) is 0 Å². The summed E-state index contributed by atoms with van der Waals surface area (Å²) in [6, 6.07) is 0. The largest absolute Gasteiger partial charge is 0.386 e. The summed E-state index contributed by atoms with van der Waals surface area (Å²) in [6.07, 6.45) is 8.27. The SMILES string of the molecule is C=C/C=C/C(C)(O)CCCC. The third-order valence-corrected chi connectivity index (χ3v) is 1.63. The van der Waals surface area contributed by atoms with E-state index in [-0.39, 0.29) is 0 Å². The van der Waals surface area contributed by atoms with Crippen LogP contribution < -0.4 is 0 Å². The molecule has 0 aromatic rings. The van der Waals surface area contributed by atoms with Crippen molar-refractivity contribution in [3.05, 3.63) is 24.8 Å². The van der Waals surface area contributed by atoms with E-state index in [1.807, 2.05) is 6.92 Å². The van der Waals surface area contributed by atoms with E-state index in [9.17, 15) is 5.11 Å². The maximum Gasteiger partial charge on any atom is 0.0802 e. The molecule has 11 heavy (non-hydrogen) atoms. The first-order valence-corrected chi connectivity index (χ1v) is 4.15. The summed E-state index contributed by atoms with van der Waals surface area (Å²) >= 11 is 0. The van der Waals surface area contributed by atoms with E-state index in [1.54, 1.807) is 18.2 Å². The van der Waals surface area contributed by atoms with Gasteiger partial charge in [0.05, 0.1) is 5.60 Å². The lowest BCUT2D eigenvalue weighted by molar-refractivity contribution is 0.0991. The quantitative estimate of drug-likeness (QED) is 0.604. The predicted molar refractivity (Wildman–Crippen MR) is 49.5 cm³/mol. The molecule has 0 radical (unpaired) electrons. The summed E-state index contributed by atoms with van der Waals surface area (Å²) < 4.78 is 0. The molecule has 0 amide bonds. The molecule has 1 atom stereocenters. The molecule has 1 N–H and O–H groups in total. The molecule has 0 rings (SSSR count). The topological polar surface area (TPSA) is 20.2 Å². The maximum absolute atomic E-state index is 9.64. The van der Waals surface area contributed by atoms with Gasteiger partial charge in [0, 0.05) is 0 Å². The molecule has 64 valence electrons. The Morgan fingerprint density at radius 3 is 2.64 bits per heavy atom. The minimum atomic E-state index is -0.649. The van der Waals surface area contributed by atoms with Crippen LogP contribution in [0.1, 0.15) is 33.1 Å². The standard InChI is InChI=1S/C10H18O/c1-4-6-8-10(3,11)9-7-5-2/h4,6,8,11H,1,5,7,9H2,2-3H3/b8-6+. The Morgan fingerprint density at radius 2 is 2.18 bits per heavy atom. The van der Waals surface area contributed by atoms with Crippen LogP contribution in [0.5, 0.6) is 0 Å². The number of hydrogen-bond acceptors (Lipinski definition) is 1. The third-order valence-electron chi connectivity index (χ3n) is 1.63. The van der Waals surface area contributed by atoms with Crippen LogP contribution in [0.2, 0.25) is 0 Å². The predicted octanol–water partition coefficient (Wildman–Crippen LogP) is 2.67. The van der Waals surface area contributed by atoms with Gasteiger partial charge in [0.15, 0.2) is 0 Å². The number of hydrogen-bond donors (Lipinski definition) is 1. The van der Waals surface area contributed by atoms with E-state index in [4.69, 9.17) is 0 Å². The van der Waals surface area contributed by atoms with Gasteiger partial charge < -0.3 is 5.11 Å². The molecule has 0 aromatic carbocycles. The van der Waals surface area contributed by atoms with Gasteiger partial charge in [0.2, 0.25) is 0 Å². The van der Waals surface area contributed by atoms with Gasteiger partial charge in [0.25, 0.3) is 0 Å². The van der Waals surface area contributed by atoms with Crippen molar-refractivity contribution in [1.29, 1.82) is 0 Å². The van der Waals surface area contributed by atoms with Gasteiger partial charge in [-0.25, -0.2) is 0 Å². The first-order valence-electron chi connectivity index (χ1n) is 4.15. The normalized spacial score (nSPS) is 16.6. The second-order valence-electron chi connectivity index (χ2n) is 3.06. The minimum Gasteiger partial charge on any atom is -0.386 e. The Morgan fingerprint density at radius 1 is 1.55 bits per heavy atom. The molecule has 0 aliphatic carbocycles. The highest BCUT2D eigenvalue weighted by molar-refractivity contribution is 5.05. The lowest BCUT2D eigenvalue weighted by Crippen LogP contribution is -2.19. The van der Waals surface area contributed by atoms with Crippen molar-refractivity contribution in [3.63, 3.8) is 0 Å². The van der Waals surface area contributed by atoms with Crippen LogP contribution in [-0.2, 0) is 0 Å². The van der Waals surface area contributed by atoms with Crippen molar-refractivity contribution in [1.82, 2.24) is 0 Å². The van der Waals surface area contributed by atoms with Gasteiger partial charge >= 0.3 is 0 Å². The highest BCUT2D eigenvalue weighted by atomic mass is 16.3. The molecule has 0 saturated heterocycles. The second kappa shape index (κ2) is 5.14. The van der Waals surface area contributed by atoms with E-state index in [2.05, 4.69) is 13.5 Å². The van der Waals surface area contributed by atoms with Crippen LogP contribution in [0, 0.1) is 0 Å². The molecule has 0 aromatic heterocycles. The summed E-state index contributed by atoms with van der Waals surface area (Å²) in [5.74, 6) is 0. The fourth-order valence-electron chi connectivity index (χ4n) is 0.893. The van der Waals surface area contributed by atoms with Crippen molar-refractivity contribution < 1.29 is 5.11 Å². The summed E-state index contributed by atoms with van der Waals surface area (Å²) in [5.41, 5.74) is -0.649. The molecule has 0 spiro atoms. The van der Waals surface area contributed by atoms with E-state index in [0.717, 1.165) is 19.3 Å². The fraction of sp³-hybridized carbons (Fsp3) is 0.600. The Balaban J connectivity index is 3.78. The Hall–Kier alpha value is -0.560. The van der Waals surface area contributed by atoms with Gasteiger partial charge in [-0.15, -0.1) is 0 Å². The molecule has 1 unspecified atom stereocenters. The molecule has 0 aliphatic rings. The first-order chi connectivity index (χ1) is 5.12. The molecule has 0 heterocycles. The molecular weight excluding hydrogens is 136 g/mol. The van der Waals surface area contributed by atoms with Crippen molar-refractivity contribution in [3.8, 4) is 0 Å². The molecular formula is C10H18O. The van der Waals surface area contributed by atoms with Crippen LogP contribution in [0.25, 0.3) is 0 Å². The average molecular weight is 154 g/mol. The van der Waals surface area contributed by atoms with E-state index < -0.39 is 5.60 Å². The summed E-state index contributed by atoms with van der Waals surface area (Å²) in [7, 11) is 0. The highest BCUT2D eigenvalue weighted by Crippen LogP contribution is 2.14. The molecule has 0 bridgehead atoms. The minimum absolute atomic E-state index is 0.649. The molecule has 0 saturated carbocycles. The van der Waals surface area contributed by atoms with Crippen molar-refractivity contribution in [2.24, 2.45) is 0 Å².